The van der Waals surface area contributed by atoms with Gasteiger partial charge < -0.3 is 5.32 Å². The van der Waals surface area contributed by atoms with Gasteiger partial charge in [-0.1, -0.05) is 19.4 Å². The molecule has 0 saturated heterocycles. The maximum atomic E-state index is 11.7. The number of hydrogen-bond donors (Lipinski definition) is 1. The molecule has 0 aromatic rings. The zero-order valence-corrected chi connectivity index (χ0v) is 10.5. The van der Waals surface area contributed by atoms with E-state index < -0.39 is 0 Å². The highest BCUT2D eigenvalue weighted by Crippen LogP contribution is 2.33. The zero-order valence-electron chi connectivity index (χ0n) is 10.5. The van der Waals surface area contributed by atoms with Gasteiger partial charge in [0, 0.05) is 12.5 Å². The van der Waals surface area contributed by atoms with E-state index in [1.807, 2.05) is 0 Å². The molecule has 2 nitrogen and oxygen atoms in total. The number of carbonyl (C=O) groups is 1. The van der Waals surface area contributed by atoms with Crippen LogP contribution in [-0.4, -0.2) is 18.4 Å². The van der Waals surface area contributed by atoms with E-state index in [9.17, 15) is 4.79 Å². The van der Waals surface area contributed by atoms with Gasteiger partial charge in [0.1, 0.15) is 0 Å². The molecule has 0 aromatic carbocycles. The molecule has 0 amide bonds. The number of Topliss-reactive ketones (excluding diaryl/α,β-unsaturated/α-hetero) is 1. The Balaban J connectivity index is 1.93. The third kappa shape index (κ3) is 2.73. The summed E-state index contributed by atoms with van der Waals surface area (Å²) in [4.78, 5) is 11.7. The molecule has 0 bridgehead atoms. The van der Waals surface area contributed by atoms with Crippen LogP contribution in [-0.2, 0) is 4.79 Å². The van der Waals surface area contributed by atoms with Gasteiger partial charge in [0.15, 0.2) is 5.78 Å². The summed E-state index contributed by atoms with van der Waals surface area (Å²) in [6.45, 7) is 5.58. The first-order chi connectivity index (χ1) is 7.66. The van der Waals surface area contributed by atoms with Crippen LogP contribution >= 0.6 is 0 Å². The summed E-state index contributed by atoms with van der Waals surface area (Å²) in [5.74, 6) is 1.15. The summed E-state index contributed by atoms with van der Waals surface area (Å²) in [6, 6.07) is 0.618. The topological polar surface area (TPSA) is 29.1 Å². The van der Waals surface area contributed by atoms with Crippen molar-refractivity contribution >= 4 is 5.78 Å². The Morgan fingerprint density at radius 1 is 1.31 bits per heavy atom. The van der Waals surface area contributed by atoms with E-state index in [1.54, 1.807) is 0 Å². The van der Waals surface area contributed by atoms with Gasteiger partial charge >= 0.3 is 0 Å². The second kappa shape index (κ2) is 5.13. The number of carbonyl (C=O) groups excluding carboxylic acids is 1. The highest BCUT2D eigenvalue weighted by Gasteiger charge is 2.26. The largest absolute Gasteiger partial charge is 0.313 e. The minimum Gasteiger partial charge on any atom is -0.313 e. The van der Waals surface area contributed by atoms with E-state index in [2.05, 4.69) is 19.2 Å². The molecular formula is C14H23NO. The summed E-state index contributed by atoms with van der Waals surface area (Å²) >= 11 is 0. The van der Waals surface area contributed by atoms with Crippen LogP contribution in [0.4, 0.5) is 0 Å². The van der Waals surface area contributed by atoms with Gasteiger partial charge in [-0.15, -0.1) is 0 Å². The van der Waals surface area contributed by atoms with Crippen LogP contribution in [0.15, 0.2) is 11.1 Å². The van der Waals surface area contributed by atoms with Crippen molar-refractivity contribution in [1.82, 2.24) is 5.32 Å². The molecule has 0 aliphatic heterocycles. The van der Waals surface area contributed by atoms with Gasteiger partial charge in [-0.05, 0) is 50.1 Å². The summed E-state index contributed by atoms with van der Waals surface area (Å²) in [7, 11) is 0. The monoisotopic (exact) mass is 221 g/mol. The van der Waals surface area contributed by atoms with Crippen molar-refractivity contribution in [3.05, 3.63) is 11.1 Å². The summed E-state index contributed by atoms with van der Waals surface area (Å²) in [5, 5.41) is 3.62. The average molecular weight is 221 g/mol. The van der Waals surface area contributed by atoms with Gasteiger partial charge in [0.05, 0.1) is 0 Å². The molecule has 1 N–H and O–H groups in total. The first kappa shape index (κ1) is 11.8. The predicted molar refractivity (Wildman–Crippen MR) is 66.4 cm³/mol. The van der Waals surface area contributed by atoms with Crippen LogP contribution in [0.2, 0.25) is 0 Å². The lowest BCUT2D eigenvalue weighted by atomic mass is 9.79. The van der Waals surface area contributed by atoms with Crippen LogP contribution in [0.3, 0.4) is 0 Å². The molecule has 0 saturated carbocycles. The highest BCUT2D eigenvalue weighted by molar-refractivity contribution is 5.97. The van der Waals surface area contributed by atoms with E-state index in [0.717, 1.165) is 38.6 Å². The fourth-order valence-corrected chi connectivity index (χ4v) is 2.80. The molecule has 16 heavy (non-hydrogen) atoms. The molecule has 2 rings (SSSR count). The van der Waals surface area contributed by atoms with Gasteiger partial charge in [-0.2, -0.15) is 0 Å². The van der Waals surface area contributed by atoms with Crippen LogP contribution in [0.5, 0.6) is 0 Å². The lowest BCUT2D eigenvalue weighted by Gasteiger charge is -2.30. The van der Waals surface area contributed by atoms with Crippen molar-refractivity contribution in [2.45, 2.75) is 58.4 Å². The fourth-order valence-electron chi connectivity index (χ4n) is 2.80. The quantitative estimate of drug-likeness (QED) is 0.794. The molecule has 90 valence electrons. The Hall–Kier alpha value is -0.630. The molecule has 0 heterocycles. The zero-order chi connectivity index (χ0) is 11.5. The van der Waals surface area contributed by atoms with Gasteiger partial charge in [-0.3, -0.25) is 4.79 Å². The molecule has 0 spiro atoms. The number of allylic oxidation sites excluding steroid dienone is 1. The smallest absolute Gasteiger partial charge is 0.158 e. The second-order valence-corrected chi connectivity index (χ2v) is 5.60. The third-order valence-corrected chi connectivity index (χ3v) is 3.70. The van der Waals surface area contributed by atoms with E-state index in [0.29, 0.717) is 17.7 Å². The maximum absolute atomic E-state index is 11.7. The van der Waals surface area contributed by atoms with Crippen LogP contribution in [0.1, 0.15) is 52.4 Å². The fraction of sp³-hybridized carbons (Fsp3) is 0.786. The molecular weight excluding hydrogens is 198 g/mol. The first-order valence-corrected chi connectivity index (χ1v) is 6.64. The van der Waals surface area contributed by atoms with Crippen molar-refractivity contribution < 1.29 is 4.79 Å². The average Bonchev–Trinajstić information content (AvgIpc) is 2.26. The van der Waals surface area contributed by atoms with Gasteiger partial charge in [0.2, 0.25) is 0 Å². The Morgan fingerprint density at radius 2 is 2.12 bits per heavy atom. The van der Waals surface area contributed by atoms with Gasteiger partial charge in [0.25, 0.3) is 0 Å². The third-order valence-electron chi connectivity index (χ3n) is 3.70. The Morgan fingerprint density at radius 3 is 2.88 bits per heavy atom. The lowest BCUT2D eigenvalue weighted by Crippen LogP contribution is -2.35. The normalized spacial score (nSPS) is 26.2. The van der Waals surface area contributed by atoms with E-state index >= 15 is 0 Å². The van der Waals surface area contributed by atoms with Crippen molar-refractivity contribution in [2.24, 2.45) is 5.92 Å². The number of rotatable bonds is 3. The standard InChI is InChI=1S/C14H23NO/c1-10(2)9-15-12-6-7-13-11(8-12)4-3-5-14(13)16/h10,12,15H,3-9H2,1-2H3. The lowest BCUT2D eigenvalue weighted by molar-refractivity contribution is -0.116. The van der Waals surface area contributed by atoms with Crippen molar-refractivity contribution in [3.63, 3.8) is 0 Å². The highest BCUT2D eigenvalue weighted by atomic mass is 16.1. The van der Waals surface area contributed by atoms with E-state index in [-0.39, 0.29) is 0 Å². The van der Waals surface area contributed by atoms with Crippen LogP contribution in [0, 0.1) is 5.92 Å². The molecule has 2 aliphatic rings. The van der Waals surface area contributed by atoms with Crippen LogP contribution in [0.25, 0.3) is 0 Å². The SMILES string of the molecule is CC(C)CNC1CCC2=C(CCCC2=O)C1. The summed E-state index contributed by atoms with van der Waals surface area (Å²) < 4.78 is 0. The Labute approximate surface area is 98.5 Å². The summed E-state index contributed by atoms with van der Waals surface area (Å²) in [6.07, 6.45) is 6.33. The van der Waals surface area contributed by atoms with E-state index in [4.69, 9.17) is 0 Å². The predicted octanol–water partition coefficient (Wildman–Crippen LogP) is 2.83. The molecule has 0 fully saturated rings. The number of hydrogen-bond acceptors (Lipinski definition) is 2. The minimum atomic E-state index is 0.434. The molecule has 0 radical (unpaired) electrons. The minimum absolute atomic E-state index is 0.434. The molecule has 2 aliphatic carbocycles. The van der Waals surface area contributed by atoms with Crippen molar-refractivity contribution in [3.8, 4) is 0 Å². The Kier molecular flexibility index (Phi) is 3.80. The second-order valence-electron chi connectivity index (χ2n) is 5.60. The first-order valence-electron chi connectivity index (χ1n) is 6.64. The molecule has 1 unspecified atom stereocenters. The van der Waals surface area contributed by atoms with Crippen molar-refractivity contribution in [2.75, 3.05) is 6.54 Å². The molecule has 2 heteroatoms. The number of ketones is 1. The van der Waals surface area contributed by atoms with E-state index in [1.165, 1.54) is 17.6 Å². The molecule has 1 atom stereocenters. The van der Waals surface area contributed by atoms with Gasteiger partial charge in [-0.25, -0.2) is 0 Å². The van der Waals surface area contributed by atoms with Crippen LogP contribution < -0.4 is 5.32 Å². The number of nitrogens with one attached hydrogen (secondary N) is 1. The molecule has 0 aromatic heterocycles. The van der Waals surface area contributed by atoms with Crippen molar-refractivity contribution in [1.29, 1.82) is 0 Å². The maximum Gasteiger partial charge on any atom is 0.158 e. The summed E-state index contributed by atoms with van der Waals surface area (Å²) in [5.41, 5.74) is 2.65. The Bertz CT molecular complexity index is 304.